The van der Waals surface area contributed by atoms with Gasteiger partial charge in [-0.1, -0.05) is 36.4 Å². The molecule has 0 saturated carbocycles. The molecule has 14 heteroatoms. The highest BCUT2D eigenvalue weighted by Crippen LogP contribution is 2.33. The van der Waals surface area contributed by atoms with Gasteiger partial charge in [0.25, 0.3) is 0 Å². The minimum atomic E-state index is -5.00. The number of nitrogens with one attached hydrogen (secondary N) is 3. The van der Waals surface area contributed by atoms with Gasteiger partial charge < -0.3 is 41.3 Å². The lowest BCUT2D eigenvalue weighted by Crippen LogP contribution is -2.48. The Morgan fingerprint density at radius 3 is 1.79 bits per heavy atom. The number of aliphatic hydroxyl groups excluding tert-OH is 4. The molecule has 2 aromatic rings. The van der Waals surface area contributed by atoms with E-state index in [1.54, 1.807) is 36.4 Å². The quantitative estimate of drug-likeness (QED) is 0.171. The lowest BCUT2D eigenvalue weighted by atomic mass is 10.1. The fourth-order valence-corrected chi connectivity index (χ4v) is 5.27. The highest BCUT2D eigenvalue weighted by molar-refractivity contribution is 5.81. The molecule has 0 bridgehead atoms. The first kappa shape index (κ1) is 31.9. The summed E-state index contributed by atoms with van der Waals surface area (Å²) in [7, 11) is 0. The standard InChI is InChI=1S/C28H39F3N6O5/c29-28(30,31)25(40)35(16-8-18-37-24(39)20-10-2-4-12-22(20)34-27(37)42)15-6-5-13-32-14-7-17-36-23(38)19-9-1-3-11-21(19)33-26(36)41/h1-4,9-12,23-24,26-27,32-34,38-39,41-42H,5-8,13-18H2. The molecule has 11 nitrogen and oxygen atoms in total. The van der Waals surface area contributed by atoms with E-state index in [0.29, 0.717) is 61.4 Å². The topological polar surface area (TPSA) is 144 Å². The van der Waals surface area contributed by atoms with E-state index in [9.17, 15) is 38.4 Å². The van der Waals surface area contributed by atoms with E-state index in [4.69, 9.17) is 0 Å². The SMILES string of the molecule is O=C(N(CCCCNCCCN1C(O)Nc2ccccc2C1O)CCCN1C(O)Nc2ccccc2C1O)C(F)(F)F. The van der Waals surface area contributed by atoms with E-state index in [1.165, 1.54) is 9.80 Å². The zero-order valence-electron chi connectivity index (χ0n) is 23.2. The molecule has 0 spiro atoms. The van der Waals surface area contributed by atoms with Crippen LogP contribution in [-0.2, 0) is 4.79 Å². The molecule has 7 N–H and O–H groups in total. The molecule has 4 rings (SSSR count). The summed E-state index contributed by atoms with van der Waals surface area (Å²) in [6, 6.07) is 14.1. The van der Waals surface area contributed by atoms with Gasteiger partial charge in [0.15, 0.2) is 12.7 Å². The molecular formula is C28H39F3N6O5. The number of benzene rings is 2. The largest absolute Gasteiger partial charge is 0.471 e. The monoisotopic (exact) mass is 596 g/mol. The summed E-state index contributed by atoms with van der Waals surface area (Å²) in [6.45, 7) is 1.31. The van der Waals surface area contributed by atoms with Crippen LogP contribution in [-0.4, -0.2) is 99.2 Å². The Balaban J connectivity index is 1.16. The van der Waals surface area contributed by atoms with Crippen LogP contribution < -0.4 is 16.0 Å². The summed E-state index contributed by atoms with van der Waals surface area (Å²) >= 11 is 0. The maximum absolute atomic E-state index is 13.2. The maximum Gasteiger partial charge on any atom is 0.471 e. The molecule has 2 aromatic carbocycles. The van der Waals surface area contributed by atoms with Crippen molar-refractivity contribution in [1.82, 2.24) is 20.0 Å². The van der Waals surface area contributed by atoms with Crippen LogP contribution >= 0.6 is 0 Å². The maximum atomic E-state index is 13.2. The molecule has 0 aliphatic carbocycles. The van der Waals surface area contributed by atoms with Gasteiger partial charge in [-0.3, -0.25) is 4.79 Å². The lowest BCUT2D eigenvalue weighted by molar-refractivity contribution is -0.185. The third-order valence-corrected chi connectivity index (χ3v) is 7.48. The molecule has 42 heavy (non-hydrogen) atoms. The number of amides is 1. The second-order valence-corrected chi connectivity index (χ2v) is 10.4. The minimum Gasteiger partial charge on any atom is -0.374 e. The number of para-hydroxylation sites is 2. The van der Waals surface area contributed by atoms with Crippen molar-refractivity contribution >= 4 is 17.3 Å². The lowest BCUT2D eigenvalue weighted by Gasteiger charge is -2.39. The van der Waals surface area contributed by atoms with E-state index in [-0.39, 0.29) is 26.1 Å². The summed E-state index contributed by atoms with van der Waals surface area (Å²) in [5.41, 5.74) is 2.47. The molecule has 0 aromatic heterocycles. The number of hydrogen-bond acceptors (Lipinski definition) is 10. The van der Waals surface area contributed by atoms with Gasteiger partial charge in [-0.2, -0.15) is 13.2 Å². The number of hydrogen-bond donors (Lipinski definition) is 7. The van der Waals surface area contributed by atoms with Gasteiger partial charge in [-0.05, 0) is 50.9 Å². The van der Waals surface area contributed by atoms with Crippen LogP contribution in [0.1, 0.15) is 49.3 Å². The Kier molecular flexibility index (Phi) is 11.0. The van der Waals surface area contributed by atoms with Gasteiger partial charge in [0, 0.05) is 48.7 Å². The van der Waals surface area contributed by atoms with E-state index in [1.807, 2.05) is 12.1 Å². The predicted molar refractivity (Wildman–Crippen MR) is 149 cm³/mol. The number of carbonyl (C=O) groups excluding carboxylic acids is 1. The predicted octanol–water partition coefficient (Wildman–Crippen LogP) is 1.92. The number of nitrogens with zero attached hydrogens (tertiary/aromatic N) is 3. The number of alkyl halides is 3. The van der Waals surface area contributed by atoms with Gasteiger partial charge in [0.05, 0.1) is 0 Å². The fourth-order valence-electron chi connectivity index (χ4n) is 5.27. The average Bonchev–Trinajstić information content (AvgIpc) is 2.95. The van der Waals surface area contributed by atoms with Crippen LogP contribution in [0.2, 0.25) is 0 Å². The summed E-state index contributed by atoms with van der Waals surface area (Å²) in [4.78, 5) is 15.7. The summed E-state index contributed by atoms with van der Waals surface area (Å²) in [6.07, 6.45) is -7.70. The zero-order chi connectivity index (χ0) is 30.3. The summed E-state index contributed by atoms with van der Waals surface area (Å²) < 4.78 is 39.7. The highest BCUT2D eigenvalue weighted by atomic mass is 19.4. The first-order valence-electron chi connectivity index (χ1n) is 14.1. The third kappa shape index (κ3) is 7.89. The zero-order valence-corrected chi connectivity index (χ0v) is 23.2. The average molecular weight is 597 g/mol. The second-order valence-electron chi connectivity index (χ2n) is 10.4. The normalized spacial score (nSPS) is 22.5. The van der Waals surface area contributed by atoms with Crippen LogP contribution in [0.4, 0.5) is 24.5 Å². The summed E-state index contributed by atoms with van der Waals surface area (Å²) in [5.74, 6) is -1.91. The molecular weight excluding hydrogens is 557 g/mol. The Hall–Kier alpha value is -2.98. The fraction of sp³-hybridized carbons (Fsp3) is 0.536. The Bertz CT molecular complexity index is 1170. The molecule has 232 valence electrons. The van der Waals surface area contributed by atoms with Crippen molar-refractivity contribution < 1.29 is 38.4 Å². The van der Waals surface area contributed by atoms with Crippen LogP contribution in [0.25, 0.3) is 0 Å². The number of fused-ring (bicyclic) bond motifs is 2. The van der Waals surface area contributed by atoms with Crippen LogP contribution in [0.5, 0.6) is 0 Å². The van der Waals surface area contributed by atoms with Crippen molar-refractivity contribution in [2.45, 2.75) is 57.0 Å². The van der Waals surface area contributed by atoms with Gasteiger partial charge in [-0.25, -0.2) is 9.80 Å². The molecule has 0 saturated heterocycles. The van der Waals surface area contributed by atoms with Gasteiger partial charge in [-0.15, -0.1) is 0 Å². The molecule has 2 aliphatic heterocycles. The Labute approximate surface area is 242 Å². The van der Waals surface area contributed by atoms with E-state index < -0.39 is 37.2 Å². The molecule has 2 aliphatic rings. The minimum absolute atomic E-state index is 0.0639. The Morgan fingerprint density at radius 1 is 0.762 bits per heavy atom. The molecule has 0 radical (unpaired) electrons. The van der Waals surface area contributed by atoms with Gasteiger partial charge >= 0.3 is 12.1 Å². The van der Waals surface area contributed by atoms with Crippen LogP contribution in [0, 0.1) is 0 Å². The van der Waals surface area contributed by atoms with E-state index in [0.717, 1.165) is 4.90 Å². The Morgan fingerprint density at radius 2 is 1.24 bits per heavy atom. The van der Waals surface area contributed by atoms with Gasteiger partial charge in [0.1, 0.15) is 12.5 Å². The van der Waals surface area contributed by atoms with Crippen molar-refractivity contribution in [3.63, 3.8) is 0 Å². The number of rotatable bonds is 13. The summed E-state index contributed by atoms with van der Waals surface area (Å²) in [5, 5.41) is 50.8. The number of halogens is 3. The van der Waals surface area contributed by atoms with Crippen molar-refractivity contribution in [2.24, 2.45) is 0 Å². The first-order chi connectivity index (χ1) is 20.1. The smallest absolute Gasteiger partial charge is 0.374 e. The first-order valence-corrected chi connectivity index (χ1v) is 14.1. The van der Waals surface area contributed by atoms with Gasteiger partial charge in [0.2, 0.25) is 0 Å². The molecule has 0 fully saturated rings. The van der Waals surface area contributed by atoms with Crippen molar-refractivity contribution in [2.75, 3.05) is 49.9 Å². The van der Waals surface area contributed by atoms with Crippen molar-refractivity contribution in [1.29, 1.82) is 0 Å². The molecule has 4 atom stereocenters. The number of aliphatic hydroxyl groups is 4. The van der Waals surface area contributed by atoms with Crippen LogP contribution in [0.15, 0.2) is 48.5 Å². The van der Waals surface area contributed by atoms with Crippen LogP contribution in [0.3, 0.4) is 0 Å². The van der Waals surface area contributed by atoms with E-state index >= 15 is 0 Å². The third-order valence-electron chi connectivity index (χ3n) is 7.48. The number of unbranched alkanes of at least 4 members (excludes halogenated alkanes) is 1. The van der Waals surface area contributed by atoms with E-state index in [2.05, 4.69) is 16.0 Å². The number of carbonyl (C=O) groups is 1. The molecule has 1 amide bonds. The van der Waals surface area contributed by atoms with Crippen molar-refractivity contribution in [3.8, 4) is 0 Å². The van der Waals surface area contributed by atoms with Crippen molar-refractivity contribution in [3.05, 3.63) is 59.7 Å². The molecule has 2 heterocycles. The number of anilines is 2. The second kappa shape index (κ2) is 14.5. The molecule has 4 unspecified atom stereocenters. The highest BCUT2D eigenvalue weighted by Gasteiger charge is 2.42.